The zero-order valence-corrected chi connectivity index (χ0v) is 12.6. The van der Waals surface area contributed by atoms with Crippen molar-refractivity contribution in [2.75, 3.05) is 0 Å². The molecule has 0 bridgehead atoms. The predicted molar refractivity (Wildman–Crippen MR) is 79.3 cm³/mol. The van der Waals surface area contributed by atoms with Gasteiger partial charge in [-0.15, -0.1) is 0 Å². The molecule has 0 aliphatic rings. The third-order valence-corrected chi connectivity index (χ3v) is 3.32. The number of carboxylic acid groups (broad SMARTS) is 1. The third kappa shape index (κ3) is 3.50. The van der Waals surface area contributed by atoms with Crippen LogP contribution in [0.5, 0.6) is 11.5 Å². The van der Waals surface area contributed by atoms with Crippen LogP contribution < -0.4 is 4.74 Å². The van der Waals surface area contributed by atoms with Crippen LogP contribution in [0.15, 0.2) is 40.9 Å². The Bertz CT molecular complexity index is 734. The van der Waals surface area contributed by atoms with Crippen LogP contribution in [-0.2, 0) is 0 Å². The molecule has 0 aliphatic carbocycles. The number of aromatic carboxylic acids is 1. The van der Waals surface area contributed by atoms with Gasteiger partial charge in [0, 0.05) is 16.6 Å². The molecule has 0 fully saturated rings. The highest BCUT2D eigenvalue weighted by molar-refractivity contribution is 9.10. The molecule has 2 aromatic carbocycles. The van der Waals surface area contributed by atoms with Crippen LogP contribution >= 0.6 is 27.5 Å². The van der Waals surface area contributed by atoms with Crippen LogP contribution in [0.1, 0.15) is 10.4 Å². The van der Waals surface area contributed by atoms with Gasteiger partial charge in [-0.2, -0.15) is 0 Å². The van der Waals surface area contributed by atoms with Crippen molar-refractivity contribution in [3.05, 3.63) is 61.6 Å². The molecule has 0 spiro atoms. The number of hydrogen-bond acceptors (Lipinski definition) is 4. The van der Waals surface area contributed by atoms with E-state index in [0.29, 0.717) is 10.8 Å². The summed E-state index contributed by atoms with van der Waals surface area (Å²) >= 11 is 9.22. The van der Waals surface area contributed by atoms with Gasteiger partial charge in [0.05, 0.1) is 9.95 Å². The van der Waals surface area contributed by atoms with Crippen LogP contribution in [-0.4, -0.2) is 16.0 Å². The molecule has 6 nitrogen and oxygen atoms in total. The summed E-state index contributed by atoms with van der Waals surface area (Å²) < 4.78 is 6.19. The minimum absolute atomic E-state index is 0.137. The molecule has 21 heavy (non-hydrogen) atoms. The molecule has 0 unspecified atom stereocenters. The highest BCUT2D eigenvalue weighted by Gasteiger charge is 2.20. The van der Waals surface area contributed by atoms with Gasteiger partial charge in [-0.25, -0.2) is 4.79 Å². The standard InChI is InChI=1S/C13H7BrClNO5/c14-7-1-3-10(15)12(5-7)21-8-2-4-11(16(19)20)9(6-8)13(17)18/h1-6H,(H,17,18). The summed E-state index contributed by atoms with van der Waals surface area (Å²) in [7, 11) is 0. The van der Waals surface area contributed by atoms with E-state index in [2.05, 4.69) is 15.9 Å². The zero-order valence-electron chi connectivity index (χ0n) is 10.2. The van der Waals surface area contributed by atoms with Gasteiger partial charge in [-0.3, -0.25) is 10.1 Å². The number of carboxylic acids is 1. The average molecular weight is 373 g/mol. The molecule has 1 N–H and O–H groups in total. The molecule has 0 saturated heterocycles. The van der Waals surface area contributed by atoms with Gasteiger partial charge in [0.2, 0.25) is 0 Å². The first-order valence-corrected chi connectivity index (χ1v) is 6.70. The Morgan fingerprint density at radius 3 is 2.62 bits per heavy atom. The van der Waals surface area contributed by atoms with Gasteiger partial charge in [0.1, 0.15) is 17.1 Å². The van der Waals surface area contributed by atoms with Crippen LogP contribution in [0.4, 0.5) is 5.69 Å². The minimum Gasteiger partial charge on any atom is -0.477 e. The topological polar surface area (TPSA) is 89.7 Å². The van der Waals surface area contributed by atoms with Crippen LogP contribution in [0.25, 0.3) is 0 Å². The molecule has 108 valence electrons. The Hall–Kier alpha value is -2.12. The Labute approximate surface area is 132 Å². The van der Waals surface area contributed by atoms with Gasteiger partial charge in [-0.1, -0.05) is 27.5 Å². The second-order valence-corrected chi connectivity index (χ2v) is 5.24. The van der Waals surface area contributed by atoms with Gasteiger partial charge in [0.15, 0.2) is 0 Å². The molecule has 8 heteroatoms. The van der Waals surface area contributed by atoms with Crippen molar-refractivity contribution < 1.29 is 19.6 Å². The first-order valence-electron chi connectivity index (χ1n) is 5.53. The molecular formula is C13H7BrClNO5. The van der Waals surface area contributed by atoms with E-state index in [-0.39, 0.29) is 5.75 Å². The first kappa shape index (κ1) is 15.3. The van der Waals surface area contributed by atoms with E-state index in [9.17, 15) is 14.9 Å². The smallest absolute Gasteiger partial charge is 0.342 e. The third-order valence-electron chi connectivity index (χ3n) is 2.52. The number of hydrogen-bond donors (Lipinski definition) is 1. The minimum atomic E-state index is -1.41. The molecule has 0 heterocycles. The monoisotopic (exact) mass is 371 g/mol. The predicted octanol–water partition coefficient (Wildman–Crippen LogP) is 4.50. The zero-order chi connectivity index (χ0) is 15.6. The normalized spacial score (nSPS) is 10.2. The summed E-state index contributed by atoms with van der Waals surface area (Å²) in [5.41, 5.74) is -0.959. The molecule has 0 atom stereocenters. The fraction of sp³-hybridized carbons (Fsp3) is 0. The largest absolute Gasteiger partial charge is 0.477 e. The summed E-state index contributed by atoms with van der Waals surface area (Å²) in [4.78, 5) is 21.1. The van der Waals surface area contributed by atoms with E-state index in [1.54, 1.807) is 18.2 Å². The van der Waals surface area contributed by atoms with Gasteiger partial charge in [0.25, 0.3) is 5.69 Å². The maximum absolute atomic E-state index is 11.1. The molecule has 0 aromatic heterocycles. The molecule has 0 amide bonds. The lowest BCUT2D eigenvalue weighted by molar-refractivity contribution is -0.385. The van der Waals surface area contributed by atoms with Crippen molar-refractivity contribution in [2.24, 2.45) is 0 Å². The van der Waals surface area contributed by atoms with Gasteiger partial charge < -0.3 is 9.84 Å². The summed E-state index contributed by atoms with van der Waals surface area (Å²) in [6.07, 6.45) is 0. The SMILES string of the molecule is O=C(O)c1cc(Oc2cc(Br)ccc2Cl)ccc1[N+](=O)[O-]. The fourth-order valence-electron chi connectivity index (χ4n) is 1.59. The maximum Gasteiger partial charge on any atom is 0.342 e. The van der Waals surface area contributed by atoms with Crippen LogP contribution in [0.3, 0.4) is 0 Å². The van der Waals surface area contributed by atoms with Crippen molar-refractivity contribution in [1.82, 2.24) is 0 Å². The Balaban J connectivity index is 2.41. The summed E-state index contributed by atoms with van der Waals surface area (Å²) in [6.45, 7) is 0. The summed E-state index contributed by atoms with van der Waals surface area (Å²) in [5, 5.41) is 20.1. The van der Waals surface area contributed by atoms with E-state index in [0.717, 1.165) is 16.6 Å². The quantitative estimate of drug-likeness (QED) is 0.630. The second-order valence-electron chi connectivity index (χ2n) is 3.92. The molecule has 2 rings (SSSR count). The Kier molecular flexibility index (Phi) is 4.44. The molecular weight excluding hydrogens is 366 g/mol. The fourth-order valence-corrected chi connectivity index (χ4v) is 2.09. The summed E-state index contributed by atoms with van der Waals surface area (Å²) in [5.74, 6) is -0.971. The number of nitro groups is 1. The van der Waals surface area contributed by atoms with Crippen LogP contribution in [0, 0.1) is 10.1 Å². The molecule has 0 radical (unpaired) electrons. The number of carbonyl (C=O) groups is 1. The van der Waals surface area contributed by atoms with Gasteiger partial charge >= 0.3 is 5.97 Å². The highest BCUT2D eigenvalue weighted by atomic mass is 79.9. The summed E-state index contributed by atoms with van der Waals surface area (Å²) in [6, 6.07) is 8.38. The Morgan fingerprint density at radius 2 is 2.00 bits per heavy atom. The van der Waals surface area contributed by atoms with Crippen LogP contribution in [0.2, 0.25) is 5.02 Å². The molecule has 2 aromatic rings. The first-order chi connectivity index (χ1) is 9.88. The second kappa shape index (κ2) is 6.11. The van der Waals surface area contributed by atoms with E-state index in [1.165, 1.54) is 6.07 Å². The highest BCUT2D eigenvalue weighted by Crippen LogP contribution is 2.33. The number of benzene rings is 2. The van der Waals surface area contributed by atoms with E-state index < -0.39 is 22.1 Å². The lowest BCUT2D eigenvalue weighted by Gasteiger charge is -2.08. The lowest BCUT2D eigenvalue weighted by atomic mass is 10.1. The lowest BCUT2D eigenvalue weighted by Crippen LogP contribution is -2.02. The number of ether oxygens (including phenoxy) is 1. The molecule has 0 aliphatic heterocycles. The van der Waals surface area contributed by atoms with E-state index in [1.807, 2.05) is 0 Å². The van der Waals surface area contributed by atoms with Gasteiger partial charge in [-0.05, 0) is 24.3 Å². The van der Waals surface area contributed by atoms with Crippen molar-refractivity contribution in [3.8, 4) is 11.5 Å². The number of nitro benzene ring substituents is 1. The number of nitrogens with zero attached hydrogens (tertiary/aromatic N) is 1. The average Bonchev–Trinajstić information content (AvgIpc) is 2.42. The van der Waals surface area contributed by atoms with Crippen molar-refractivity contribution >= 4 is 39.2 Å². The van der Waals surface area contributed by atoms with Crippen molar-refractivity contribution in [3.63, 3.8) is 0 Å². The van der Waals surface area contributed by atoms with Crippen molar-refractivity contribution in [2.45, 2.75) is 0 Å². The van der Waals surface area contributed by atoms with Crippen molar-refractivity contribution in [1.29, 1.82) is 0 Å². The Morgan fingerprint density at radius 1 is 1.29 bits per heavy atom. The van der Waals surface area contributed by atoms with E-state index in [4.69, 9.17) is 21.4 Å². The van der Waals surface area contributed by atoms with E-state index >= 15 is 0 Å². The maximum atomic E-state index is 11.1. The number of rotatable bonds is 4. The molecule has 0 saturated carbocycles. The number of halogens is 2.